The average Bonchev–Trinajstić information content (AvgIpc) is 2.82. The van der Waals surface area contributed by atoms with Gasteiger partial charge in [0.15, 0.2) is 0 Å². The van der Waals surface area contributed by atoms with Crippen molar-refractivity contribution in [2.24, 2.45) is 11.8 Å². The largest absolute Gasteiger partial charge is 0.401 e. The fraction of sp³-hybridized carbons (Fsp3) is 1.00. The van der Waals surface area contributed by atoms with Gasteiger partial charge in [0.05, 0.1) is 12.6 Å². The van der Waals surface area contributed by atoms with Gasteiger partial charge in [0.2, 0.25) is 0 Å². The van der Waals surface area contributed by atoms with Gasteiger partial charge in [0.25, 0.3) is 0 Å². The predicted octanol–water partition coefficient (Wildman–Crippen LogP) is 2.66. The number of nitrogens with one attached hydrogen (secondary N) is 1. The molecular weight excluding hydrogens is 281 g/mol. The first-order valence-electron chi connectivity index (χ1n) is 7.97. The second-order valence-electron chi connectivity index (χ2n) is 6.79. The summed E-state index contributed by atoms with van der Waals surface area (Å²) >= 11 is 0. The Kier molecular flexibility index (Phi) is 5.91. The molecule has 3 atom stereocenters. The molecule has 0 amide bonds. The third-order valence-corrected chi connectivity index (χ3v) is 4.53. The maximum Gasteiger partial charge on any atom is 0.401 e. The SMILES string of the molecule is CC(C)C1CC(NCC2CCN(CC(F)(F)F)C2)CCO1. The lowest BCUT2D eigenvalue weighted by atomic mass is 9.95. The fourth-order valence-corrected chi connectivity index (χ4v) is 3.29. The van der Waals surface area contributed by atoms with E-state index in [2.05, 4.69) is 19.2 Å². The van der Waals surface area contributed by atoms with E-state index in [0.717, 1.165) is 32.4 Å². The monoisotopic (exact) mass is 308 g/mol. The Morgan fingerprint density at radius 3 is 2.71 bits per heavy atom. The van der Waals surface area contributed by atoms with Crippen molar-refractivity contribution in [3.05, 3.63) is 0 Å². The molecule has 2 fully saturated rings. The lowest BCUT2D eigenvalue weighted by Crippen LogP contribution is -2.43. The number of likely N-dealkylation sites (tertiary alicyclic amines) is 1. The predicted molar refractivity (Wildman–Crippen MR) is 76.2 cm³/mol. The Morgan fingerprint density at radius 1 is 1.29 bits per heavy atom. The summed E-state index contributed by atoms with van der Waals surface area (Å²) in [5, 5.41) is 3.54. The molecule has 3 nitrogen and oxygen atoms in total. The number of ether oxygens (including phenoxy) is 1. The molecule has 0 radical (unpaired) electrons. The summed E-state index contributed by atoms with van der Waals surface area (Å²) in [7, 11) is 0. The summed E-state index contributed by atoms with van der Waals surface area (Å²) in [4.78, 5) is 1.52. The van der Waals surface area contributed by atoms with Gasteiger partial charge in [-0.25, -0.2) is 0 Å². The second-order valence-corrected chi connectivity index (χ2v) is 6.79. The second kappa shape index (κ2) is 7.29. The smallest absolute Gasteiger partial charge is 0.378 e. The first-order chi connectivity index (χ1) is 9.83. The van der Waals surface area contributed by atoms with Crippen molar-refractivity contribution in [3.63, 3.8) is 0 Å². The summed E-state index contributed by atoms with van der Waals surface area (Å²) in [6.45, 7) is 6.29. The Balaban J connectivity index is 1.67. The highest BCUT2D eigenvalue weighted by atomic mass is 19.4. The number of rotatable bonds is 5. The van der Waals surface area contributed by atoms with Crippen LogP contribution < -0.4 is 5.32 Å². The molecule has 2 rings (SSSR count). The standard InChI is InChI=1S/C15H27F3N2O/c1-11(2)14-7-13(4-6-21-14)19-8-12-3-5-20(9-12)10-15(16,17)18/h11-14,19H,3-10H2,1-2H3. The molecule has 0 aromatic carbocycles. The minimum Gasteiger partial charge on any atom is -0.378 e. The lowest BCUT2D eigenvalue weighted by Gasteiger charge is -2.33. The molecule has 2 aliphatic heterocycles. The number of hydrogen-bond acceptors (Lipinski definition) is 3. The average molecular weight is 308 g/mol. The fourth-order valence-electron chi connectivity index (χ4n) is 3.29. The number of alkyl halides is 3. The molecule has 124 valence electrons. The molecule has 0 aliphatic carbocycles. The molecule has 6 heteroatoms. The number of nitrogens with zero attached hydrogens (tertiary/aromatic N) is 1. The third-order valence-electron chi connectivity index (χ3n) is 4.53. The van der Waals surface area contributed by atoms with E-state index in [1.54, 1.807) is 0 Å². The van der Waals surface area contributed by atoms with Gasteiger partial charge in [0, 0.05) is 19.2 Å². The zero-order valence-corrected chi connectivity index (χ0v) is 13.0. The van der Waals surface area contributed by atoms with Crippen LogP contribution in [0.15, 0.2) is 0 Å². The van der Waals surface area contributed by atoms with E-state index in [4.69, 9.17) is 4.74 Å². The van der Waals surface area contributed by atoms with Gasteiger partial charge >= 0.3 is 6.18 Å². The Morgan fingerprint density at radius 2 is 2.05 bits per heavy atom. The number of halogens is 3. The van der Waals surface area contributed by atoms with Crippen molar-refractivity contribution < 1.29 is 17.9 Å². The minimum atomic E-state index is -4.08. The Hall–Kier alpha value is -0.330. The van der Waals surface area contributed by atoms with Crippen molar-refractivity contribution in [2.75, 3.05) is 32.8 Å². The molecule has 0 aromatic rings. The van der Waals surface area contributed by atoms with Gasteiger partial charge in [-0.05, 0) is 44.2 Å². The van der Waals surface area contributed by atoms with Crippen molar-refractivity contribution in [1.82, 2.24) is 10.2 Å². The first kappa shape index (κ1) is 17.0. The normalized spacial score (nSPS) is 32.0. The van der Waals surface area contributed by atoms with Gasteiger partial charge in [-0.1, -0.05) is 13.8 Å². The summed E-state index contributed by atoms with van der Waals surface area (Å²) in [5.41, 5.74) is 0. The first-order valence-corrected chi connectivity index (χ1v) is 7.97. The number of hydrogen-bond donors (Lipinski definition) is 1. The summed E-state index contributed by atoms with van der Waals surface area (Å²) in [6, 6.07) is 0.447. The van der Waals surface area contributed by atoms with Crippen molar-refractivity contribution in [1.29, 1.82) is 0 Å². The zero-order chi connectivity index (χ0) is 15.5. The maximum atomic E-state index is 12.4. The van der Waals surface area contributed by atoms with E-state index in [9.17, 15) is 13.2 Å². The van der Waals surface area contributed by atoms with Crippen molar-refractivity contribution in [2.45, 2.75) is 51.4 Å². The van der Waals surface area contributed by atoms with Crippen LogP contribution in [0.5, 0.6) is 0 Å². The molecule has 0 spiro atoms. The van der Waals surface area contributed by atoms with Crippen LogP contribution >= 0.6 is 0 Å². The van der Waals surface area contributed by atoms with Gasteiger partial charge in [-0.15, -0.1) is 0 Å². The van der Waals surface area contributed by atoms with Gasteiger partial charge in [-0.2, -0.15) is 13.2 Å². The van der Waals surface area contributed by atoms with Crippen LogP contribution in [0.2, 0.25) is 0 Å². The summed E-state index contributed by atoms with van der Waals surface area (Å²) < 4.78 is 42.8. The highest BCUT2D eigenvalue weighted by molar-refractivity contribution is 4.83. The Bertz CT molecular complexity index is 323. The van der Waals surface area contributed by atoms with Crippen LogP contribution in [0.4, 0.5) is 13.2 Å². The zero-order valence-electron chi connectivity index (χ0n) is 13.0. The molecule has 0 aromatic heterocycles. The van der Waals surface area contributed by atoms with Gasteiger partial charge in [0.1, 0.15) is 0 Å². The molecule has 2 heterocycles. The highest BCUT2D eigenvalue weighted by Gasteiger charge is 2.34. The lowest BCUT2D eigenvalue weighted by molar-refractivity contribution is -0.143. The summed E-state index contributed by atoms with van der Waals surface area (Å²) in [6.07, 6.45) is -0.895. The minimum absolute atomic E-state index is 0.307. The van der Waals surface area contributed by atoms with Crippen molar-refractivity contribution >= 4 is 0 Å². The highest BCUT2D eigenvalue weighted by Crippen LogP contribution is 2.24. The molecular formula is C15H27F3N2O. The van der Waals surface area contributed by atoms with Crippen LogP contribution in [0, 0.1) is 11.8 Å². The van der Waals surface area contributed by atoms with Gasteiger partial charge in [-0.3, -0.25) is 4.90 Å². The van der Waals surface area contributed by atoms with E-state index in [1.807, 2.05) is 0 Å². The van der Waals surface area contributed by atoms with E-state index >= 15 is 0 Å². The molecule has 21 heavy (non-hydrogen) atoms. The molecule has 3 unspecified atom stereocenters. The van der Waals surface area contributed by atoms with Gasteiger partial charge < -0.3 is 10.1 Å². The molecule has 0 saturated carbocycles. The van der Waals surface area contributed by atoms with Crippen LogP contribution in [0.1, 0.15) is 33.1 Å². The van der Waals surface area contributed by atoms with E-state index in [1.165, 1.54) is 4.90 Å². The van der Waals surface area contributed by atoms with E-state index in [-0.39, 0.29) is 0 Å². The van der Waals surface area contributed by atoms with Crippen LogP contribution in [-0.4, -0.2) is 56.0 Å². The van der Waals surface area contributed by atoms with Crippen LogP contribution in [0.25, 0.3) is 0 Å². The molecule has 2 aliphatic rings. The van der Waals surface area contributed by atoms with Crippen LogP contribution in [-0.2, 0) is 4.74 Å². The molecule has 0 bridgehead atoms. The Labute approximate surface area is 125 Å². The topological polar surface area (TPSA) is 24.5 Å². The van der Waals surface area contributed by atoms with Crippen LogP contribution in [0.3, 0.4) is 0 Å². The van der Waals surface area contributed by atoms with Crippen molar-refractivity contribution in [3.8, 4) is 0 Å². The quantitative estimate of drug-likeness (QED) is 0.845. The summed E-state index contributed by atoms with van der Waals surface area (Å²) in [5.74, 6) is 0.857. The van der Waals surface area contributed by atoms with E-state index in [0.29, 0.717) is 37.1 Å². The molecule has 2 saturated heterocycles. The molecule has 1 N–H and O–H groups in total. The third kappa shape index (κ3) is 5.75. The van der Waals surface area contributed by atoms with E-state index < -0.39 is 12.7 Å². The maximum absolute atomic E-state index is 12.4.